The van der Waals surface area contributed by atoms with Gasteiger partial charge in [-0.15, -0.1) is 0 Å². The Morgan fingerprint density at radius 2 is 2.17 bits per heavy atom. The topological polar surface area (TPSA) is 64.7 Å². The first-order valence-corrected chi connectivity index (χ1v) is 3.30. The molecule has 0 unspecified atom stereocenters. The van der Waals surface area contributed by atoms with Gasteiger partial charge in [0.1, 0.15) is 5.52 Å². The Hall–Kier alpha value is -1.78. The highest BCUT2D eigenvalue weighted by Gasteiger charge is 2.02. The van der Waals surface area contributed by atoms with Crippen LogP contribution in [0.2, 0.25) is 0 Å². The van der Waals surface area contributed by atoms with Gasteiger partial charge < -0.3 is 5.73 Å². The smallest absolute Gasteiger partial charge is 0.239 e. The number of hydrogen-bond donors (Lipinski definition) is 1. The van der Waals surface area contributed by atoms with E-state index in [2.05, 4.69) is 15.0 Å². The summed E-state index contributed by atoms with van der Waals surface area (Å²) in [5.74, 6) is -0.573. The molecule has 2 aromatic heterocycles. The number of anilines is 1. The largest absolute Gasteiger partial charge is 0.368 e. The van der Waals surface area contributed by atoms with E-state index in [1.165, 1.54) is 12.4 Å². The molecule has 0 bridgehead atoms. The summed E-state index contributed by atoms with van der Waals surface area (Å²) in [6, 6.07) is 1.62. The molecule has 0 spiro atoms. The first kappa shape index (κ1) is 6.90. The molecule has 4 nitrogen and oxygen atoms in total. The van der Waals surface area contributed by atoms with Crippen LogP contribution < -0.4 is 5.73 Å². The molecule has 0 amide bonds. The van der Waals surface area contributed by atoms with Crippen LogP contribution in [0.25, 0.3) is 10.9 Å². The van der Waals surface area contributed by atoms with Gasteiger partial charge in [-0.3, -0.25) is 0 Å². The third kappa shape index (κ3) is 0.952. The third-order valence-electron chi connectivity index (χ3n) is 1.47. The summed E-state index contributed by atoms with van der Waals surface area (Å²) in [6.45, 7) is 0. The number of nitrogens with two attached hydrogens (primary N) is 1. The Morgan fingerprint density at radius 1 is 1.33 bits per heavy atom. The molecular weight excluding hydrogens is 159 g/mol. The van der Waals surface area contributed by atoms with Gasteiger partial charge in [0.05, 0.1) is 0 Å². The lowest BCUT2D eigenvalue weighted by Crippen LogP contribution is -1.96. The van der Waals surface area contributed by atoms with Crippen LogP contribution in [0.15, 0.2) is 18.5 Å². The van der Waals surface area contributed by atoms with Crippen LogP contribution in [0.1, 0.15) is 0 Å². The van der Waals surface area contributed by atoms with E-state index in [9.17, 15) is 4.39 Å². The standard InChI is InChI=1S/C7H5FN4/c8-6-5-4(1-2-10-6)3-11-7(9)12-5/h1-3H,(H2,9,11,12). The van der Waals surface area contributed by atoms with E-state index < -0.39 is 5.95 Å². The van der Waals surface area contributed by atoms with Crippen molar-refractivity contribution < 1.29 is 4.39 Å². The Balaban J connectivity index is 2.88. The second-order valence-corrected chi connectivity index (χ2v) is 2.27. The zero-order valence-electron chi connectivity index (χ0n) is 6.03. The Bertz CT molecular complexity index is 429. The fraction of sp³-hybridized carbons (Fsp3) is 0. The van der Waals surface area contributed by atoms with Crippen molar-refractivity contribution in [2.75, 3.05) is 5.73 Å². The number of halogens is 1. The molecule has 2 aromatic rings. The van der Waals surface area contributed by atoms with E-state index in [1.54, 1.807) is 6.07 Å². The van der Waals surface area contributed by atoms with Crippen molar-refractivity contribution in [3.63, 3.8) is 0 Å². The minimum Gasteiger partial charge on any atom is -0.368 e. The van der Waals surface area contributed by atoms with Gasteiger partial charge in [0.2, 0.25) is 11.9 Å². The molecule has 0 aliphatic rings. The predicted octanol–water partition coefficient (Wildman–Crippen LogP) is 0.746. The van der Waals surface area contributed by atoms with Gasteiger partial charge in [0, 0.05) is 17.8 Å². The maximum atomic E-state index is 12.9. The Kier molecular flexibility index (Phi) is 1.36. The lowest BCUT2D eigenvalue weighted by Gasteiger charge is -1.96. The van der Waals surface area contributed by atoms with Crippen molar-refractivity contribution in [3.8, 4) is 0 Å². The van der Waals surface area contributed by atoms with E-state index in [0.29, 0.717) is 5.39 Å². The van der Waals surface area contributed by atoms with Crippen molar-refractivity contribution in [1.82, 2.24) is 15.0 Å². The van der Waals surface area contributed by atoms with Crippen LogP contribution in [0.3, 0.4) is 0 Å². The predicted molar refractivity (Wildman–Crippen MR) is 41.7 cm³/mol. The van der Waals surface area contributed by atoms with E-state index in [1.807, 2.05) is 0 Å². The average molecular weight is 164 g/mol. The van der Waals surface area contributed by atoms with Crippen molar-refractivity contribution in [1.29, 1.82) is 0 Å². The number of nitrogens with zero attached hydrogens (tertiary/aromatic N) is 3. The summed E-state index contributed by atoms with van der Waals surface area (Å²) in [4.78, 5) is 10.9. The molecule has 0 atom stereocenters. The second kappa shape index (κ2) is 2.37. The minimum absolute atomic E-state index is 0.0504. The number of nitrogen functional groups attached to an aromatic ring is 1. The van der Waals surface area contributed by atoms with E-state index >= 15 is 0 Å². The maximum Gasteiger partial charge on any atom is 0.239 e. The Morgan fingerprint density at radius 3 is 3.00 bits per heavy atom. The van der Waals surface area contributed by atoms with Gasteiger partial charge in [0.15, 0.2) is 0 Å². The summed E-state index contributed by atoms with van der Waals surface area (Å²) < 4.78 is 12.9. The summed E-state index contributed by atoms with van der Waals surface area (Å²) in [6.07, 6.45) is 2.82. The SMILES string of the molecule is Nc1ncc2ccnc(F)c2n1. The van der Waals surface area contributed by atoms with Gasteiger partial charge in [0.25, 0.3) is 0 Å². The van der Waals surface area contributed by atoms with Gasteiger partial charge >= 0.3 is 0 Å². The van der Waals surface area contributed by atoms with Crippen LogP contribution >= 0.6 is 0 Å². The summed E-state index contributed by atoms with van der Waals surface area (Å²) >= 11 is 0. The van der Waals surface area contributed by atoms with Crippen molar-refractivity contribution in [2.24, 2.45) is 0 Å². The molecule has 2 N–H and O–H groups in total. The molecule has 0 saturated carbocycles. The van der Waals surface area contributed by atoms with Crippen molar-refractivity contribution >= 4 is 16.9 Å². The molecule has 0 aliphatic carbocycles. The van der Waals surface area contributed by atoms with Crippen molar-refractivity contribution in [2.45, 2.75) is 0 Å². The quantitative estimate of drug-likeness (QED) is 0.583. The molecule has 2 rings (SSSR count). The highest BCUT2D eigenvalue weighted by atomic mass is 19.1. The molecule has 0 fully saturated rings. The molecule has 5 heteroatoms. The first-order valence-electron chi connectivity index (χ1n) is 3.30. The normalized spacial score (nSPS) is 10.4. The highest BCUT2D eigenvalue weighted by molar-refractivity contribution is 5.77. The van der Waals surface area contributed by atoms with Gasteiger partial charge in [-0.2, -0.15) is 4.39 Å². The molecule has 0 aliphatic heterocycles. The van der Waals surface area contributed by atoms with Gasteiger partial charge in [-0.25, -0.2) is 15.0 Å². The van der Waals surface area contributed by atoms with Crippen LogP contribution in [-0.4, -0.2) is 15.0 Å². The van der Waals surface area contributed by atoms with E-state index in [4.69, 9.17) is 5.73 Å². The van der Waals surface area contributed by atoms with Crippen LogP contribution in [-0.2, 0) is 0 Å². The van der Waals surface area contributed by atoms with Crippen molar-refractivity contribution in [3.05, 3.63) is 24.4 Å². The van der Waals surface area contributed by atoms with E-state index in [-0.39, 0.29) is 11.5 Å². The van der Waals surface area contributed by atoms with Gasteiger partial charge in [-0.1, -0.05) is 0 Å². The van der Waals surface area contributed by atoms with Crippen LogP contribution in [0.5, 0.6) is 0 Å². The number of pyridine rings is 1. The third-order valence-corrected chi connectivity index (χ3v) is 1.47. The number of fused-ring (bicyclic) bond motifs is 1. The fourth-order valence-corrected chi connectivity index (χ4v) is 0.936. The lowest BCUT2D eigenvalue weighted by molar-refractivity contribution is 0.593. The second-order valence-electron chi connectivity index (χ2n) is 2.27. The minimum atomic E-state index is -0.624. The molecule has 0 radical (unpaired) electrons. The number of aromatic nitrogens is 3. The highest BCUT2D eigenvalue weighted by Crippen LogP contribution is 2.12. The number of hydrogen-bond acceptors (Lipinski definition) is 4. The van der Waals surface area contributed by atoms with Crippen LogP contribution in [0.4, 0.5) is 10.3 Å². The molecule has 0 saturated heterocycles. The zero-order chi connectivity index (χ0) is 8.55. The zero-order valence-corrected chi connectivity index (χ0v) is 6.03. The van der Waals surface area contributed by atoms with Gasteiger partial charge in [-0.05, 0) is 6.07 Å². The molecular formula is C7H5FN4. The molecule has 2 heterocycles. The van der Waals surface area contributed by atoms with Crippen LogP contribution in [0, 0.1) is 5.95 Å². The molecule has 60 valence electrons. The fourth-order valence-electron chi connectivity index (χ4n) is 0.936. The van der Waals surface area contributed by atoms with E-state index in [0.717, 1.165) is 0 Å². The summed E-state index contributed by atoms with van der Waals surface area (Å²) in [5.41, 5.74) is 5.43. The molecule has 12 heavy (non-hydrogen) atoms. The summed E-state index contributed by atoms with van der Waals surface area (Å²) in [7, 11) is 0. The molecule has 0 aromatic carbocycles. The average Bonchev–Trinajstić information content (AvgIpc) is 2.07. The first-order chi connectivity index (χ1) is 5.77. The number of rotatable bonds is 0. The lowest BCUT2D eigenvalue weighted by atomic mass is 10.3. The maximum absolute atomic E-state index is 12.9. The monoisotopic (exact) mass is 164 g/mol. The summed E-state index contributed by atoms with van der Waals surface area (Å²) in [5, 5.41) is 0.594. The Labute approximate surface area is 67.3 Å².